The second-order valence-electron chi connectivity index (χ2n) is 7.39. The molecular weight excluding hydrogens is 418 g/mol. The molecule has 9 heteroatoms. The molecule has 1 aromatic carbocycles. The maximum atomic E-state index is 12.5. The SMILES string of the molecule is COc1ccc(-c2csc(NC(=O)CCN3C(=O)[C@@H]4CC=CC[C@H]4C3=O)n2)cc1OC. The van der Waals surface area contributed by atoms with Crippen LogP contribution in [0.5, 0.6) is 11.5 Å². The number of imide groups is 1. The third-order valence-electron chi connectivity index (χ3n) is 5.59. The van der Waals surface area contributed by atoms with Crippen LogP contribution in [0.15, 0.2) is 35.7 Å². The maximum Gasteiger partial charge on any atom is 0.233 e. The molecule has 1 fully saturated rings. The van der Waals surface area contributed by atoms with Crippen molar-refractivity contribution < 1.29 is 23.9 Å². The lowest BCUT2D eigenvalue weighted by atomic mass is 9.85. The zero-order valence-corrected chi connectivity index (χ0v) is 18.1. The Kier molecular flexibility index (Phi) is 6.03. The largest absolute Gasteiger partial charge is 0.493 e. The molecule has 1 aromatic heterocycles. The predicted octanol–water partition coefficient (Wildman–Crippen LogP) is 3.11. The number of carbonyl (C=O) groups excluding carboxylic acids is 3. The highest BCUT2D eigenvalue weighted by atomic mass is 32.1. The number of nitrogens with zero attached hydrogens (tertiary/aromatic N) is 2. The molecule has 1 N–H and O–H groups in total. The van der Waals surface area contributed by atoms with E-state index < -0.39 is 0 Å². The normalized spacial score (nSPS) is 20.0. The molecule has 2 aliphatic rings. The molecule has 0 spiro atoms. The first kappa shape index (κ1) is 21.0. The summed E-state index contributed by atoms with van der Waals surface area (Å²) in [6, 6.07) is 5.47. The van der Waals surface area contributed by atoms with Crippen LogP contribution in [0.1, 0.15) is 19.3 Å². The number of nitrogens with one attached hydrogen (secondary N) is 1. The molecule has 1 saturated heterocycles. The van der Waals surface area contributed by atoms with E-state index in [9.17, 15) is 14.4 Å². The third kappa shape index (κ3) is 4.18. The molecule has 1 aliphatic heterocycles. The van der Waals surface area contributed by atoms with Crippen LogP contribution in [0.25, 0.3) is 11.3 Å². The van der Waals surface area contributed by atoms with Crippen LogP contribution in [-0.4, -0.2) is 48.4 Å². The maximum absolute atomic E-state index is 12.5. The van der Waals surface area contributed by atoms with Crippen molar-refractivity contribution in [1.29, 1.82) is 0 Å². The standard InChI is InChI=1S/C22H23N3O5S/c1-29-17-8-7-13(11-18(17)30-2)16-12-31-22(23-16)24-19(26)9-10-25-20(27)14-5-3-4-6-15(14)21(25)28/h3-4,7-8,11-12,14-15H,5-6,9-10H2,1-2H3,(H,23,24,26)/t14-,15-/m1/s1. The highest BCUT2D eigenvalue weighted by Gasteiger charge is 2.46. The van der Waals surface area contributed by atoms with E-state index in [2.05, 4.69) is 10.3 Å². The lowest BCUT2D eigenvalue weighted by molar-refractivity contribution is -0.140. The number of hydrogen-bond donors (Lipinski definition) is 1. The minimum absolute atomic E-state index is 0.0373. The highest BCUT2D eigenvalue weighted by molar-refractivity contribution is 7.14. The topological polar surface area (TPSA) is 97.8 Å². The second kappa shape index (κ2) is 8.89. The van der Waals surface area contributed by atoms with Gasteiger partial charge in [0.15, 0.2) is 16.6 Å². The molecule has 1 aliphatic carbocycles. The molecule has 0 bridgehead atoms. The number of amides is 3. The average Bonchev–Trinajstić information content (AvgIpc) is 3.35. The van der Waals surface area contributed by atoms with Gasteiger partial charge in [0.25, 0.3) is 0 Å². The predicted molar refractivity (Wildman–Crippen MR) is 116 cm³/mol. The van der Waals surface area contributed by atoms with Crippen LogP contribution in [0.3, 0.4) is 0 Å². The minimum Gasteiger partial charge on any atom is -0.493 e. The van der Waals surface area contributed by atoms with Crippen molar-refractivity contribution >= 4 is 34.2 Å². The Morgan fingerprint density at radius 3 is 2.45 bits per heavy atom. The summed E-state index contributed by atoms with van der Waals surface area (Å²) in [6.07, 6.45) is 5.11. The van der Waals surface area contributed by atoms with E-state index in [0.29, 0.717) is 35.2 Å². The van der Waals surface area contributed by atoms with E-state index in [0.717, 1.165) is 5.56 Å². The number of likely N-dealkylation sites (tertiary alicyclic amines) is 1. The van der Waals surface area contributed by atoms with Gasteiger partial charge in [0.1, 0.15) is 0 Å². The van der Waals surface area contributed by atoms with Crippen molar-refractivity contribution in [1.82, 2.24) is 9.88 Å². The fraction of sp³-hybridized carbons (Fsp3) is 0.364. The zero-order valence-electron chi connectivity index (χ0n) is 17.3. The lowest BCUT2D eigenvalue weighted by Gasteiger charge is -2.14. The molecule has 162 valence electrons. The summed E-state index contributed by atoms with van der Waals surface area (Å²) in [7, 11) is 3.14. The van der Waals surface area contributed by atoms with Crippen LogP contribution in [0.2, 0.25) is 0 Å². The number of hydrogen-bond acceptors (Lipinski definition) is 7. The van der Waals surface area contributed by atoms with Gasteiger partial charge in [-0.05, 0) is 31.0 Å². The molecule has 2 aromatic rings. The Morgan fingerprint density at radius 2 is 1.81 bits per heavy atom. The van der Waals surface area contributed by atoms with Gasteiger partial charge in [0.05, 0.1) is 31.7 Å². The monoisotopic (exact) mass is 441 g/mol. The van der Waals surface area contributed by atoms with E-state index in [1.54, 1.807) is 20.3 Å². The number of methoxy groups -OCH3 is 2. The third-order valence-corrected chi connectivity index (χ3v) is 6.35. The Morgan fingerprint density at radius 1 is 1.13 bits per heavy atom. The average molecular weight is 442 g/mol. The minimum atomic E-state index is -0.290. The second-order valence-corrected chi connectivity index (χ2v) is 8.25. The molecule has 8 nitrogen and oxygen atoms in total. The molecule has 0 saturated carbocycles. The van der Waals surface area contributed by atoms with E-state index in [1.807, 2.05) is 29.7 Å². The molecule has 0 radical (unpaired) electrons. The Hall–Kier alpha value is -3.20. The van der Waals surface area contributed by atoms with Gasteiger partial charge >= 0.3 is 0 Å². The van der Waals surface area contributed by atoms with Gasteiger partial charge in [-0.3, -0.25) is 19.3 Å². The Labute approximate surface area is 183 Å². The van der Waals surface area contributed by atoms with Gasteiger partial charge in [-0.15, -0.1) is 11.3 Å². The zero-order chi connectivity index (χ0) is 22.0. The first-order valence-corrected chi connectivity index (χ1v) is 10.9. The fourth-order valence-corrected chi connectivity index (χ4v) is 4.68. The number of fused-ring (bicyclic) bond motifs is 1. The van der Waals surface area contributed by atoms with Crippen molar-refractivity contribution in [3.05, 3.63) is 35.7 Å². The van der Waals surface area contributed by atoms with Crippen LogP contribution in [0, 0.1) is 11.8 Å². The van der Waals surface area contributed by atoms with E-state index in [1.165, 1.54) is 16.2 Å². The number of carbonyl (C=O) groups is 3. The summed E-state index contributed by atoms with van der Waals surface area (Å²) in [5.74, 6) is 0.0363. The molecule has 31 heavy (non-hydrogen) atoms. The van der Waals surface area contributed by atoms with E-state index in [-0.39, 0.29) is 42.5 Å². The first-order valence-electron chi connectivity index (χ1n) is 9.99. The summed E-state index contributed by atoms with van der Waals surface area (Å²) >= 11 is 1.30. The Bertz CT molecular complexity index is 1020. The number of rotatable bonds is 7. The molecule has 0 unspecified atom stereocenters. The summed E-state index contributed by atoms with van der Waals surface area (Å²) in [4.78, 5) is 43.1. The summed E-state index contributed by atoms with van der Waals surface area (Å²) < 4.78 is 10.6. The lowest BCUT2D eigenvalue weighted by Crippen LogP contribution is -2.34. The van der Waals surface area contributed by atoms with Gasteiger partial charge in [-0.1, -0.05) is 12.2 Å². The van der Waals surface area contributed by atoms with Gasteiger partial charge in [-0.25, -0.2) is 4.98 Å². The smallest absolute Gasteiger partial charge is 0.233 e. The van der Waals surface area contributed by atoms with Gasteiger partial charge in [-0.2, -0.15) is 0 Å². The van der Waals surface area contributed by atoms with Crippen LogP contribution in [-0.2, 0) is 14.4 Å². The van der Waals surface area contributed by atoms with Crippen molar-refractivity contribution in [2.45, 2.75) is 19.3 Å². The summed E-state index contributed by atoms with van der Waals surface area (Å²) in [5, 5.41) is 5.04. The number of thiazole rings is 1. The van der Waals surface area contributed by atoms with E-state index >= 15 is 0 Å². The first-order chi connectivity index (χ1) is 15.0. The van der Waals surface area contributed by atoms with Crippen molar-refractivity contribution in [3.8, 4) is 22.8 Å². The van der Waals surface area contributed by atoms with Gasteiger partial charge in [0.2, 0.25) is 17.7 Å². The molecule has 3 amide bonds. The Balaban J connectivity index is 1.35. The van der Waals surface area contributed by atoms with Crippen LogP contribution in [0.4, 0.5) is 5.13 Å². The number of allylic oxidation sites excluding steroid dienone is 2. The highest BCUT2D eigenvalue weighted by Crippen LogP contribution is 2.35. The number of aromatic nitrogens is 1. The van der Waals surface area contributed by atoms with Crippen molar-refractivity contribution in [3.63, 3.8) is 0 Å². The summed E-state index contributed by atoms with van der Waals surface area (Å²) in [5.41, 5.74) is 1.53. The van der Waals surface area contributed by atoms with Crippen molar-refractivity contribution in [2.24, 2.45) is 11.8 Å². The molecular formula is C22H23N3O5S. The van der Waals surface area contributed by atoms with Crippen LogP contribution < -0.4 is 14.8 Å². The molecule has 4 rings (SSSR count). The van der Waals surface area contributed by atoms with Gasteiger partial charge < -0.3 is 14.8 Å². The fourth-order valence-electron chi connectivity index (χ4n) is 3.94. The van der Waals surface area contributed by atoms with E-state index in [4.69, 9.17) is 9.47 Å². The van der Waals surface area contributed by atoms with Gasteiger partial charge in [0, 0.05) is 23.9 Å². The quantitative estimate of drug-likeness (QED) is 0.524. The van der Waals surface area contributed by atoms with Crippen LogP contribution >= 0.6 is 11.3 Å². The number of benzene rings is 1. The number of anilines is 1. The van der Waals surface area contributed by atoms with Crippen molar-refractivity contribution in [2.75, 3.05) is 26.1 Å². The molecule has 2 atom stereocenters. The number of ether oxygens (including phenoxy) is 2. The summed E-state index contributed by atoms with van der Waals surface area (Å²) in [6.45, 7) is 0.0877. The molecule has 2 heterocycles.